The van der Waals surface area contributed by atoms with Crippen molar-refractivity contribution < 1.29 is 4.79 Å². The van der Waals surface area contributed by atoms with Gasteiger partial charge in [0.1, 0.15) is 0 Å². The summed E-state index contributed by atoms with van der Waals surface area (Å²) in [6, 6.07) is 16.2. The third kappa shape index (κ3) is 6.24. The molecule has 1 aliphatic heterocycles. The number of nitrogens with one attached hydrogen (secondary N) is 1. The first-order valence-electron chi connectivity index (χ1n) is 9.76. The molecule has 150 valence electrons. The van der Waals surface area contributed by atoms with Crippen molar-refractivity contribution in [3.63, 3.8) is 0 Å². The molecular weight excluding hydrogens is 390 g/mol. The summed E-state index contributed by atoms with van der Waals surface area (Å²) in [7, 11) is 0. The topological polar surface area (TPSA) is 35.6 Å². The van der Waals surface area contributed by atoms with Crippen LogP contribution >= 0.6 is 23.4 Å². The quantitative estimate of drug-likeness (QED) is 0.520. The maximum atomic E-state index is 12.4. The van der Waals surface area contributed by atoms with Crippen molar-refractivity contribution in [1.29, 1.82) is 0 Å². The summed E-state index contributed by atoms with van der Waals surface area (Å²) in [5.74, 6) is -0.0893. The second kappa shape index (κ2) is 10.9. The summed E-state index contributed by atoms with van der Waals surface area (Å²) in [4.78, 5) is 18.4. The molecule has 1 N–H and O–H groups in total. The second-order valence-electron chi connectivity index (χ2n) is 7.06. The van der Waals surface area contributed by atoms with E-state index in [4.69, 9.17) is 11.6 Å². The second-order valence-corrected chi connectivity index (χ2v) is 8.35. The molecule has 1 heterocycles. The highest BCUT2D eigenvalue weighted by Gasteiger charge is 2.17. The smallest absolute Gasteiger partial charge is 0.252 e. The highest BCUT2D eigenvalue weighted by Crippen LogP contribution is 2.22. The fraction of sp³-hybridized carbons (Fsp3) is 0.409. The van der Waals surface area contributed by atoms with E-state index >= 15 is 0 Å². The number of amides is 1. The molecular formula is C22H28ClN3OS. The van der Waals surface area contributed by atoms with Gasteiger partial charge in [-0.3, -0.25) is 9.69 Å². The summed E-state index contributed by atoms with van der Waals surface area (Å²) in [6.07, 6.45) is 2.94. The molecule has 0 bridgehead atoms. The Morgan fingerprint density at radius 3 is 2.50 bits per heavy atom. The van der Waals surface area contributed by atoms with Gasteiger partial charge in [0.2, 0.25) is 0 Å². The largest absolute Gasteiger partial charge is 0.352 e. The fourth-order valence-corrected chi connectivity index (χ4v) is 4.06. The predicted octanol–water partition coefficient (Wildman–Crippen LogP) is 4.00. The van der Waals surface area contributed by atoms with Crippen molar-refractivity contribution in [1.82, 2.24) is 15.1 Å². The number of hydrogen-bond acceptors (Lipinski definition) is 4. The van der Waals surface area contributed by atoms with Crippen LogP contribution in [0.4, 0.5) is 0 Å². The lowest BCUT2D eigenvalue weighted by Crippen LogP contribution is -2.46. The first-order chi connectivity index (χ1) is 13.7. The molecule has 0 saturated carbocycles. The van der Waals surface area contributed by atoms with Crippen molar-refractivity contribution >= 4 is 29.3 Å². The van der Waals surface area contributed by atoms with E-state index in [1.807, 2.05) is 18.4 Å². The molecule has 1 fully saturated rings. The molecule has 1 amide bonds. The molecule has 0 unspecified atom stereocenters. The lowest BCUT2D eigenvalue weighted by Gasteiger charge is -2.34. The average Bonchev–Trinajstić information content (AvgIpc) is 2.73. The number of carbonyl (C=O) groups is 1. The van der Waals surface area contributed by atoms with E-state index in [1.54, 1.807) is 17.8 Å². The van der Waals surface area contributed by atoms with E-state index < -0.39 is 0 Å². The molecule has 1 aliphatic rings. The van der Waals surface area contributed by atoms with Crippen LogP contribution in [0.25, 0.3) is 0 Å². The van der Waals surface area contributed by atoms with Gasteiger partial charge in [-0.1, -0.05) is 41.9 Å². The number of hydrogen-bond donors (Lipinski definition) is 1. The van der Waals surface area contributed by atoms with Gasteiger partial charge < -0.3 is 10.2 Å². The lowest BCUT2D eigenvalue weighted by molar-refractivity contribution is 0.0947. The molecule has 2 aromatic rings. The van der Waals surface area contributed by atoms with Gasteiger partial charge in [-0.05, 0) is 43.0 Å². The molecule has 0 atom stereocenters. The molecule has 3 rings (SSSR count). The van der Waals surface area contributed by atoms with Gasteiger partial charge in [0, 0.05) is 44.2 Å². The van der Waals surface area contributed by atoms with E-state index in [0.717, 1.165) is 50.6 Å². The molecule has 0 radical (unpaired) electrons. The zero-order chi connectivity index (χ0) is 19.8. The predicted molar refractivity (Wildman–Crippen MR) is 118 cm³/mol. The molecule has 0 aromatic heterocycles. The van der Waals surface area contributed by atoms with Crippen molar-refractivity contribution in [3.05, 3.63) is 64.7 Å². The summed E-state index contributed by atoms with van der Waals surface area (Å²) in [5.41, 5.74) is 1.94. The Morgan fingerprint density at radius 1 is 1.07 bits per heavy atom. The van der Waals surface area contributed by atoms with Crippen LogP contribution in [0.3, 0.4) is 0 Å². The molecule has 2 aromatic carbocycles. The Kier molecular flexibility index (Phi) is 8.22. The number of piperazine rings is 1. The summed E-state index contributed by atoms with van der Waals surface area (Å²) in [6.45, 7) is 7.07. The Hall–Kier alpha value is -1.53. The van der Waals surface area contributed by atoms with E-state index in [2.05, 4.69) is 45.4 Å². The summed E-state index contributed by atoms with van der Waals surface area (Å²) in [5, 5.41) is 3.51. The van der Waals surface area contributed by atoms with Crippen molar-refractivity contribution in [3.8, 4) is 0 Å². The van der Waals surface area contributed by atoms with Crippen LogP contribution in [0.1, 0.15) is 22.3 Å². The molecule has 28 heavy (non-hydrogen) atoms. The van der Waals surface area contributed by atoms with Gasteiger partial charge in [-0.25, -0.2) is 0 Å². The van der Waals surface area contributed by atoms with Crippen LogP contribution in [-0.2, 0) is 6.54 Å². The van der Waals surface area contributed by atoms with Gasteiger partial charge >= 0.3 is 0 Å². The van der Waals surface area contributed by atoms with Crippen LogP contribution in [0, 0.1) is 0 Å². The number of carbonyl (C=O) groups excluding carboxylic acids is 1. The monoisotopic (exact) mass is 417 g/mol. The highest BCUT2D eigenvalue weighted by molar-refractivity contribution is 7.98. The molecule has 1 saturated heterocycles. The lowest BCUT2D eigenvalue weighted by atomic mass is 10.2. The van der Waals surface area contributed by atoms with Crippen LogP contribution in [-0.4, -0.2) is 61.2 Å². The number of nitrogens with zero attached hydrogens (tertiary/aromatic N) is 2. The van der Waals surface area contributed by atoms with E-state index in [0.29, 0.717) is 17.1 Å². The van der Waals surface area contributed by atoms with Crippen molar-refractivity contribution in [2.45, 2.75) is 17.9 Å². The molecule has 6 heteroatoms. The maximum absolute atomic E-state index is 12.4. The first kappa shape index (κ1) is 21.2. The van der Waals surface area contributed by atoms with E-state index in [-0.39, 0.29) is 5.91 Å². The normalized spacial score (nSPS) is 15.5. The molecule has 4 nitrogen and oxygen atoms in total. The maximum Gasteiger partial charge on any atom is 0.252 e. The Balaban J connectivity index is 1.34. The van der Waals surface area contributed by atoms with Crippen LogP contribution < -0.4 is 5.32 Å². The molecule has 0 spiro atoms. The van der Waals surface area contributed by atoms with Gasteiger partial charge in [-0.2, -0.15) is 0 Å². The van der Waals surface area contributed by atoms with Gasteiger partial charge in [-0.15, -0.1) is 11.8 Å². The minimum absolute atomic E-state index is 0.0893. The van der Waals surface area contributed by atoms with Crippen LogP contribution in [0.5, 0.6) is 0 Å². The number of thioether (sulfide) groups is 1. The average molecular weight is 418 g/mol. The number of rotatable bonds is 8. The zero-order valence-corrected chi connectivity index (χ0v) is 17.9. The first-order valence-corrected chi connectivity index (χ1v) is 11.4. The SMILES string of the molecule is CSc1ccc(Cl)c(C(=O)NCCCN2CCN(Cc3ccccc3)CC2)c1. The minimum Gasteiger partial charge on any atom is -0.352 e. The van der Waals surface area contributed by atoms with E-state index in [1.165, 1.54) is 5.56 Å². The highest BCUT2D eigenvalue weighted by atomic mass is 35.5. The Bertz CT molecular complexity index is 764. The summed E-state index contributed by atoms with van der Waals surface area (Å²) < 4.78 is 0. The van der Waals surface area contributed by atoms with Gasteiger partial charge in [0.25, 0.3) is 5.91 Å². The standard InChI is InChI=1S/C22H28ClN3OS/c1-28-19-8-9-21(23)20(16-19)22(27)24-10-5-11-25-12-14-26(15-13-25)17-18-6-3-2-4-7-18/h2-4,6-9,16H,5,10-15,17H2,1H3,(H,24,27). The zero-order valence-electron chi connectivity index (χ0n) is 16.4. The van der Waals surface area contributed by atoms with E-state index in [9.17, 15) is 4.79 Å². The third-order valence-electron chi connectivity index (χ3n) is 5.07. The van der Waals surface area contributed by atoms with Crippen molar-refractivity contribution in [2.75, 3.05) is 45.5 Å². The van der Waals surface area contributed by atoms with Crippen LogP contribution in [0.15, 0.2) is 53.4 Å². The number of halogens is 1. The molecule has 0 aliphatic carbocycles. The number of benzene rings is 2. The third-order valence-corrected chi connectivity index (χ3v) is 6.12. The van der Waals surface area contributed by atoms with Crippen LogP contribution in [0.2, 0.25) is 5.02 Å². The minimum atomic E-state index is -0.0893. The van der Waals surface area contributed by atoms with Crippen molar-refractivity contribution in [2.24, 2.45) is 0 Å². The van der Waals surface area contributed by atoms with Gasteiger partial charge in [0.05, 0.1) is 10.6 Å². The Morgan fingerprint density at radius 2 is 1.79 bits per heavy atom. The summed E-state index contributed by atoms with van der Waals surface area (Å²) >= 11 is 7.78. The fourth-order valence-electron chi connectivity index (χ4n) is 3.42. The Labute approximate surface area is 177 Å². The van der Waals surface area contributed by atoms with Gasteiger partial charge in [0.15, 0.2) is 0 Å².